The first-order chi connectivity index (χ1) is 13.2. The van der Waals surface area contributed by atoms with Gasteiger partial charge in [0, 0.05) is 17.7 Å². The Bertz CT molecular complexity index is 923. The third-order valence-corrected chi connectivity index (χ3v) is 5.19. The molecule has 0 unspecified atom stereocenters. The molecule has 1 fully saturated rings. The number of aromatic nitrogens is 4. The fourth-order valence-corrected chi connectivity index (χ4v) is 3.79. The quantitative estimate of drug-likeness (QED) is 0.681. The minimum atomic E-state index is 0.424. The normalized spacial score (nSPS) is 15.1. The average Bonchev–Trinajstić information content (AvgIpc) is 3.17. The Morgan fingerprint density at radius 2 is 1.67 bits per heavy atom. The molecule has 1 aliphatic rings. The number of benzene rings is 1. The van der Waals surface area contributed by atoms with Crippen LogP contribution in [0.3, 0.4) is 0 Å². The third kappa shape index (κ3) is 3.18. The Balaban J connectivity index is 1.83. The highest BCUT2D eigenvalue weighted by molar-refractivity contribution is 5.69. The van der Waals surface area contributed by atoms with Crippen molar-refractivity contribution in [1.29, 1.82) is 0 Å². The molecule has 0 saturated heterocycles. The van der Waals surface area contributed by atoms with Gasteiger partial charge in [-0.2, -0.15) is 9.50 Å². The molecular weight excluding hydrogens is 344 g/mol. The van der Waals surface area contributed by atoms with E-state index in [1.54, 1.807) is 27.5 Å². The van der Waals surface area contributed by atoms with Gasteiger partial charge in [-0.1, -0.05) is 19.3 Å². The smallest absolute Gasteiger partial charge is 0.252 e. The second-order valence-corrected chi connectivity index (χ2v) is 6.76. The molecule has 1 aliphatic carbocycles. The van der Waals surface area contributed by atoms with Crippen LogP contribution < -0.4 is 14.2 Å². The van der Waals surface area contributed by atoms with Gasteiger partial charge in [0.1, 0.15) is 0 Å². The Morgan fingerprint density at radius 3 is 2.30 bits per heavy atom. The highest BCUT2D eigenvalue weighted by atomic mass is 16.5. The molecule has 0 atom stereocenters. The van der Waals surface area contributed by atoms with Crippen LogP contribution in [0.4, 0.5) is 0 Å². The number of fused-ring (bicyclic) bond motifs is 1. The summed E-state index contributed by atoms with van der Waals surface area (Å²) in [6.45, 7) is 0. The lowest BCUT2D eigenvalue weighted by Crippen LogP contribution is -2.06. The number of methoxy groups -OCH3 is 3. The van der Waals surface area contributed by atoms with E-state index in [1.807, 2.05) is 22.7 Å². The van der Waals surface area contributed by atoms with Gasteiger partial charge in [-0.25, -0.2) is 4.98 Å². The Morgan fingerprint density at radius 1 is 0.963 bits per heavy atom. The van der Waals surface area contributed by atoms with Gasteiger partial charge in [-0.3, -0.25) is 0 Å². The van der Waals surface area contributed by atoms with Crippen LogP contribution in [-0.2, 0) is 0 Å². The molecule has 0 spiro atoms. The predicted molar refractivity (Wildman–Crippen MR) is 102 cm³/mol. The molecule has 0 aliphatic heterocycles. The van der Waals surface area contributed by atoms with Crippen LogP contribution in [0, 0.1) is 0 Å². The molecule has 3 aromatic rings. The summed E-state index contributed by atoms with van der Waals surface area (Å²) in [5, 5.41) is 4.80. The molecule has 2 heterocycles. The Labute approximate surface area is 158 Å². The zero-order chi connectivity index (χ0) is 18.8. The van der Waals surface area contributed by atoms with Gasteiger partial charge < -0.3 is 14.2 Å². The van der Waals surface area contributed by atoms with Crippen LogP contribution in [0.15, 0.2) is 24.4 Å². The minimum Gasteiger partial charge on any atom is -0.493 e. The molecule has 0 N–H and O–H groups in total. The van der Waals surface area contributed by atoms with E-state index < -0.39 is 0 Å². The molecule has 7 heteroatoms. The summed E-state index contributed by atoms with van der Waals surface area (Å²) in [5.74, 6) is 3.70. The number of rotatable bonds is 5. The highest BCUT2D eigenvalue weighted by Crippen LogP contribution is 2.41. The van der Waals surface area contributed by atoms with Crippen molar-refractivity contribution >= 4 is 5.78 Å². The van der Waals surface area contributed by atoms with Crippen molar-refractivity contribution in [3.05, 3.63) is 30.2 Å². The second kappa shape index (κ2) is 7.42. The van der Waals surface area contributed by atoms with Gasteiger partial charge in [-0.05, 0) is 31.0 Å². The molecule has 0 amide bonds. The van der Waals surface area contributed by atoms with Crippen molar-refractivity contribution in [2.24, 2.45) is 0 Å². The molecule has 27 heavy (non-hydrogen) atoms. The Kier molecular flexibility index (Phi) is 4.83. The lowest BCUT2D eigenvalue weighted by atomic mass is 9.89. The van der Waals surface area contributed by atoms with Crippen LogP contribution in [-0.4, -0.2) is 40.9 Å². The molecule has 142 valence electrons. The standard InChI is InChI=1S/C20H24N4O3/c1-25-16-11-14(12-17(26-2)18(16)27-3)15-9-10-21-20-22-19(23-24(15)20)13-7-5-4-6-8-13/h9-13H,4-8H2,1-3H3. The first-order valence-electron chi connectivity index (χ1n) is 9.27. The molecule has 2 aromatic heterocycles. The van der Waals surface area contributed by atoms with E-state index in [9.17, 15) is 0 Å². The zero-order valence-corrected chi connectivity index (χ0v) is 15.9. The van der Waals surface area contributed by atoms with Crippen LogP contribution in [0.5, 0.6) is 17.2 Å². The average molecular weight is 368 g/mol. The van der Waals surface area contributed by atoms with E-state index in [4.69, 9.17) is 24.3 Å². The van der Waals surface area contributed by atoms with E-state index in [1.165, 1.54) is 19.3 Å². The van der Waals surface area contributed by atoms with Crippen molar-refractivity contribution in [1.82, 2.24) is 19.6 Å². The number of hydrogen-bond acceptors (Lipinski definition) is 6. The molecule has 7 nitrogen and oxygen atoms in total. The second-order valence-electron chi connectivity index (χ2n) is 6.76. The van der Waals surface area contributed by atoms with E-state index in [0.29, 0.717) is 28.9 Å². The van der Waals surface area contributed by atoms with Gasteiger partial charge in [0.25, 0.3) is 5.78 Å². The predicted octanol–water partition coefficient (Wildman–Crippen LogP) is 3.86. The summed E-state index contributed by atoms with van der Waals surface area (Å²) in [6.07, 6.45) is 7.85. The SMILES string of the molecule is COc1cc(-c2ccnc3nc(C4CCCCC4)nn23)cc(OC)c1OC. The zero-order valence-electron chi connectivity index (χ0n) is 15.9. The van der Waals surface area contributed by atoms with E-state index >= 15 is 0 Å². The maximum absolute atomic E-state index is 5.49. The summed E-state index contributed by atoms with van der Waals surface area (Å²) in [7, 11) is 4.82. The lowest BCUT2D eigenvalue weighted by Gasteiger charge is -2.18. The molecule has 0 bridgehead atoms. The summed E-state index contributed by atoms with van der Waals surface area (Å²) in [4.78, 5) is 9.10. The van der Waals surface area contributed by atoms with Gasteiger partial charge in [0.05, 0.1) is 27.0 Å². The van der Waals surface area contributed by atoms with Gasteiger partial charge >= 0.3 is 0 Å². The van der Waals surface area contributed by atoms with Gasteiger partial charge in [-0.15, -0.1) is 5.10 Å². The summed E-state index contributed by atoms with van der Waals surface area (Å²) in [6, 6.07) is 5.75. The van der Waals surface area contributed by atoms with Crippen molar-refractivity contribution in [3.63, 3.8) is 0 Å². The van der Waals surface area contributed by atoms with E-state index in [2.05, 4.69) is 4.98 Å². The van der Waals surface area contributed by atoms with Crippen molar-refractivity contribution in [3.8, 4) is 28.5 Å². The van der Waals surface area contributed by atoms with Crippen LogP contribution in [0.2, 0.25) is 0 Å². The van der Waals surface area contributed by atoms with Crippen LogP contribution >= 0.6 is 0 Å². The first-order valence-corrected chi connectivity index (χ1v) is 9.27. The topological polar surface area (TPSA) is 70.8 Å². The first kappa shape index (κ1) is 17.6. The third-order valence-electron chi connectivity index (χ3n) is 5.19. The number of ether oxygens (including phenoxy) is 3. The minimum absolute atomic E-state index is 0.424. The summed E-state index contributed by atoms with van der Waals surface area (Å²) in [5.41, 5.74) is 1.78. The Hall–Kier alpha value is -2.83. The van der Waals surface area contributed by atoms with Crippen molar-refractivity contribution in [2.75, 3.05) is 21.3 Å². The fraction of sp³-hybridized carbons (Fsp3) is 0.450. The lowest BCUT2D eigenvalue weighted by molar-refractivity contribution is 0.324. The van der Waals surface area contributed by atoms with Crippen LogP contribution in [0.25, 0.3) is 17.0 Å². The van der Waals surface area contributed by atoms with Crippen molar-refractivity contribution < 1.29 is 14.2 Å². The summed E-state index contributed by atoms with van der Waals surface area (Å²) >= 11 is 0. The number of nitrogens with zero attached hydrogens (tertiary/aromatic N) is 4. The summed E-state index contributed by atoms with van der Waals surface area (Å²) < 4.78 is 18.2. The monoisotopic (exact) mass is 368 g/mol. The molecule has 4 rings (SSSR count). The van der Waals surface area contributed by atoms with Gasteiger partial charge in [0.15, 0.2) is 17.3 Å². The molecule has 0 radical (unpaired) electrons. The molecule has 1 aromatic carbocycles. The highest BCUT2D eigenvalue weighted by Gasteiger charge is 2.22. The van der Waals surface area contributed by atoms with E-state index in [0.717, 1.165) is 29.9 Å². The molecule has 1 saturated carbocycles. The maximum Gasteiger partial charge on any atom is 0.252 e. The largest absolute Gasteiger partial charge is 0.493 e. The van der Waals surface area contributed by atoms with Gasteiger partial charge in [0.2, 0.25) is 5.75 Å². The van der Waals surface area contributed by atoms with Crippen molar-refractivity contribution in [2.45, 2.75) is 38.0 Å². The maximum atomic E-state index is 5.49. The molecular formula is C20H24N4O3. The fourth-order valence-electron chi connectivity index (χ4n) is 3.79. The van der Waals surface area contributed by atoms with Crippen LogP contribution in [0.1, 0.15) is 43.8 Å². The van der Waals surface area contributed by atoms with E-state index in [-0.39, 0.29) is 0 Å². The number of hydrogen-bond donors (Lipinski definition) is 0.